The fourth-order valence-corrected chi connectivity index (χ4v) is 5.18. The number of esters is 1. The monoisotopic (exact) mass is 445 g/mol. The number of para-hydroxylation sites is 1. The Morgan fingerprint density at radius 3 is 2.42 bits per heavy atom. The van der Waals surface area contributed by atoms with E-state index in [2.05, 4.69) is 21.9 Å². The van der Waals surface area contributed by atoms with Crippen molar-refractivity contribution in [1.82, 2.24) is 14.8 Å². The largest absolute Gasteiger partial charge is 0.465 e. The molecule has 0 bridgehead atoms. The number of morpholine rings is 1. The first-order valence-electron chi connectivity index (χ1n) is 11.8. The van der Waals surface area contributed by atoms with Crippen LogP contribution in [-0.2, 0) is 16.0 Å². The third-order valence-electron chi connectivity index (χ3n) is 6.93. The Hall–Kier alpha value is -2.80. The number of nitrogens with zero attached hydrogens (tertiary/aromatic N) is 3. The third kappa shape index (κ3) is 4.64. The highest BCUT2D eigenvalue weighted by molar-refractivity contribution is 6.06. The highest BCUT2D eigenvalue weighted by Gasteiger charge is 2.28. The lowest BCUT2D eigenvalue weighted by Gasteiger charge is -2.40. The number of ether oxygens (including phenoxy) is 2. The Kier molecular flexibility index (Phi) is 6.67. The maximum Gasteiger partial charge on any atom is 0.338 e. The molecule has 0 amide bonds. The number of fused-ring (bicyclic) bond motifs is 1. The summed E-state index contributed by atoms with van der Waals surface area (Å²) in [5.41, 5.74) is 4.29. The van der Waals surface area contributed by atoms with Crippen LogP contribution in [0.25, 0.3) is 22.2 Å². The molecule has 2 aromatic carbocycles. The van der Waals surface area contributed by atoms with Gasteiger partial charge in [-0.2, -0.15) is 0 Å². The molecular formula is C27H31N3O3. The van der Waals surface area contributed by atoms with Crippen molar-refractivity contribution in [3.63, 3.8) is 0 Å². The lowest BCUT2D eigenvalue weighted by molar-refractivity contribution is 0.000211. The second-order valence-electron chi connectivity index (χ2n) is 8.84. The Labute approximate surface area is 195 Å². The zero-order valence-corrected chi connectivity index (χ0v) is 19.2. The minimum absolute atomic E-state index is 0.302. The number of benzene rings is 2. The first-order valence-corrected chi connectivity index (χ1v) is 11.8. The molecule has 172 valence electrons. The summed E-state index contributed by atoms with van der Waals surface area (Å²) in [4.78, 5) is 23.1. The number of piperidine rings is 1. The van der Waals surface area contributed by atoms with Crippen molar-refractivity contribution < 1.29 is 14.3 Å². The van der Waals surface area contributed by atoms with Gasteiger partial charge >= 0.3 is 5.97 Å². The van der Waals surface area contributed by atoms with Crippen LogP contribution in [0.3, 0.4) is 0 Å². The van der Waals surface area contributed by atoms with Crippen molar-refractivity contribution in [2.75, 3.05) is 46.5 Å². The molecule has 6 heteroatoms. The van der Waals surface area contributed by atoms with Crippen LogP contribution >= 0.6 is 0 Å². The van der Waals surface area contributed by atoms with E-state index in [1.165, 1.54) is 7.11 Å². The Bertz CT molecular complexity index is 1100. The Balaban J connectivity index is 1.49. The number of likely N-dealkylation sites (tertiary alicyclic amines) is 1. The molecule has 0 spiro atoms. The van der Waals surface area contributed by atoms with Crippen LogP contribution in [0, 0.1) is 0 Å². The lowest BCUT2D eigenvalue weighted by atomic mass is 9.95. The number of aromatic nitrogens is 1. The average Bonchev–Trinajstić information content (AvgIpc) is 2.89. The van der Waals surface area contributed by atoms with Gasteiger partial charge in [-0.1, -0.05) is 48.5 Å². The molecule has 1 aromatic heterocycles. The standard InChI is InChI=1S/C27H31N3O3/c1-32-27(31)25-22-9-5-6-10-24(22)28-26(20-7-3-2-4-8-20)23(25)19-29-13-11-21(12-14-29)30-15-17-33-18-16-30/h2-10,21H,11-19H2,1H3. The predicted molar refractivity (Wildman–Crippen MR) is 129 cm³/mol. The van der Waals surface area contributed by atoms with E-state index in [1.807, 2.05) is 42.5 Å². The smallest absolute Gasteiger partial charge is 0.338 e. The summed E-state index contributed by atoms with van der Waals surface area (Å²) in [5.74, 6) is -0.302. The molecule has 3 aromatic rings. The lowest BCUT2D eigenvalue weighted by Crippen LogP contribution is -2.48. The van der Waals surface area contributed by atoms with Gasteiger partial charge in [-0.15, -0.1) is 0 Å². The van der Waals surface area contributed by atoms with Crippen LogP contribution in [0.1, 0.15) is 28.8 Å². The molecule has 2 saturated heterocycles. The zero-order valence-electron chi connectivity index (χ0n) is 19.2. The third-order valence-corrected chi connectivity index (χ3v) is 6.93. The van der Waals surface area contributed by atoms with E-state index in [4.69, 9.17) is 14.5 Å². The number of carbonyl (C=O) groups excluding carboxylic acids is 1. The highest BCUT2D eigenvalue weighted by Crippen LogP contribution is 2.32. The summed E-state index contributed by atoms with van der Waals surface area (Å²) < 4.78 is 10.8. The van der Waals surface area contributed by atoms with E-state index < -0.39 is 0 Å². The molecule has 0 saturated carbocycles. The molecule has 0 atom stereocenters. The van der Waals surface area contributed by atoms with Crippen molar-refractivity contribution in [2.45, 2.75) is 25.4 Å². The Morgan fingerprint density at radius 2 is 1.70 bits per heavy atom. The van der Waals surface area contributed by atoms with Crippen LogP contribution in [-0.4, -0.2) is 73.3 Å². The fourth-order valence-electron chi connectivity index (χ4n) is 5.18. The summed E-state index contributed by atoms with van der Waals surface area (Å²) in [5, 5.41) is 0.849. The second kappa shape index (κ2) is 10.00. The summed E-state index contributed by atoms with van der Waals surface area (Å²) in [7, 11) is 1.46. The maximum atomic E-state index is 13.0. The minimum Gasteiger partial charge on any atom is -0.465 e. The number of rotatable bonds is 5. The van der Waals surface area contributed by atoms with Crippen LogP contribution in [0.4, 0.5) is 0 Å². The quantitative estimate of drug-likeness (QED) is 0.554. The highest BCUT2D eigenvalue weighted by atomic mass is 16.5. The average molecular weight is 446 g/mol. The van der Waals surface area contributed by atoms with Crippen molar-refractivity contribution >= 4 is 16.9 Å². The van der Waals surface area contributed by atoms with Gasteiger partial charge in [0.15, 0.2) is 0 Å². The van der Waals surface area contributed by atoms with Gasteiger partial charge in [-0.25, -0.2) is 9.78 Å². The first-order chi connectivity index (χ1) is 16.2. The van der Waals surface area contributed by atoms with Gasteiger partial charge in [-0.05, 0) is 32.0 Å². The van der Waals surface area contributed by atoms with Crippen LogP contribution < -0.4 is 0 Å². The van der Waals surface area contributed by atoms with Gasteiger partial charge in [0.25, 0.3) is 0 Å². The van der Waals surface area contributed by atoms with Crippen molar-refractivity contribution in [1.29, 1.82) is 0 Å². The molecule has 0 aliphatic carbocycles. The van der Waals surface area contributed by atoms with Crippen LogP contribution in [0.2, 0.25) is 0 Å². The van der Waals surface area contributed by atoms with E-state index in [1.54, 1.807) is 0 Å². The summed E-state index contributed by atoms with van der Waals surface area (Å²) in [6, 6.07) is 18.6. The maximum absolute atomic E-state index is 13.0. The molecule has 0 N–H and O–H groups in total. The molecular weight excluding hydrogens is 414 g/mol. The second-order valence-corrected chi connectivity index (χ2v) is 8.84. The minimum atomic E-state index is -0.302. The van der Waals surface area contributed by atoms with E-state index in [0.717, 1.165) is 80.0 Å². The Morgan fingerprint density at radius 1 is 1.00 bits per heavy atom. The summed E-state index contributed by atoms with van der Waals surface area (Å²) in [6.07, 6.45) is 2.27. The van der Waals surface area contributed by atoms with Gasteiger partial charge in [0.1, 0.15) is 0 Å². The molecule has 2 aliphatic rings. The molecule has 3 heterocycles. The molecule has 0 radical (unpaired) electrons. The molecule has 2 aliphatic heterocycles. The number of methoxy groups -OCH3 is 1. The molecule has 5 rings (SSSR count). The van der Waals surface area contributed by atoms with Crippen molar-refractivity contribution in [2.24, 2.45) is 0 Å². The summed E-state index contributed by atoms with van der Waals surface area (Å²) >= 11 is 0. The van der Waals surface area contributed by atoms with Gasteiger partial charge in [-0.3, -0.25) is 9.80 Å². The number of hydrogen-bond acceptors (Lipinski definition) is 6. The molecule has 0 unspecified atom stereocenters. The SMILES string of the molecule is COC(=O)c1c(CN2CCC(N3CCOCC3)CC2)c(-c2ccccc2)nc2ccccc12. The van der Waals surface area contributed by atoms with Crippen LogP contribution in [0.15, 0.2) is 54.6 Å². The van der Waals surface area contributed by atoms with E-state index in [9.17, 15) is 4.79 Å². The fraction of sp³-hybridized carbons (Fsp3) is 0.407. The number of pyridine rings is 1. The van der Waals surface area contributed by atoms with Gasteiger partial charge in [0, 0.05) is 42.2 Å². The predicted octanol–water partition coefficient (Wildman–Crippen LogP) is 3.99. The topological polar surface area (TPSA) is 54.9 Å². The van der Waals surface area contributed by atoms with E-state index in [0.29, 0.717) is 18.2 Å². The van der Waals surface area contributed by atoms with Crippen LogP contribution in [0.5, 0.6) is 0 Å². The number of hydrogen-bond donors (Lipinski definition) is 0. The van der Waals surface area contributed by atoms with Crippen molar-refractivity contribution in [3.05, 3.63) is 65.7 Å². The van der Waals surface area contributed by atoms with E-state index in [-0.39, 0.29) is 5.97 Å². The first kappa shape index (κ1) is 22.0. The molecule has 6 nitrogen and oxygen atoms in total. The van der Waals surface area contributed by atoms with Gasteiger partial charge in [0.2, 0.25) is 0 Å². The van der Waals surface area contributed by atoms with Crippen molar-refractivity contribution in [3.8, 4) is 11.3 Å². The normalized spacial score (nSPS) is 18.5. The van der Waals surface area contributed by atoms with Gasteiger partial charge in [0.05, 0.1) is 37.1 Å². The molecule has 33 heavy (non-hydrogen) atoms. The molecule has 2 fully saturated rings. The zero-order chi connectivity index (χ0) is 22.6. The van der Waals surface area contributed by atoms with E-state index >= 15 is 0 Å². The van der Waals surface area contributed by atoms with Gasteiger partial charge < -0.3 is 9.47 Å². The summed E-state index contributed by atoms with van der Waals surface area (Å²) in [6.45, 7) is 6.43. The number of carbonyl (C=O) groups is 1.